The zero-order valence-electron chi connectivity index (χ0n) is 15.3. The van der Waals surface area contributed by atoms with E-state index < -0.39 is 37.0 Å². The van der Waals surface area contributed by atoms with E-state index in [2.05, 4.69) is 15.3 Å². The van der Waals surface area contributed by atoms with E-state index >= 15 is 0 Å². The monoisotopic (exact) mass is 460 g/mol. The van der Waals surface area contributed by atoms with Gasteiger partial charge in [0.05, 0.1) is 21.1 Å². The quantitative estimate of drug-likeness (QED) is 0.575. The molecule has 0 saturated heterocycles. The van der Waals surface area contributed by atoms with Gasteiger partial charge in [-0.25, -0.2) is 9.97 Å². The van der Waals surface area contributed by atoms with Gasteiger partial charge in [-0.3, -0.25) is 9.59 Å². The average Bonchev–Trinajstić information content (AvgIpc) is 3.06. The molecular weight excluding hydrogens is 448 g/mol. The van der Waals surface area contributed by atoms with Gasteiger partial charge in [-0.2, -0.15) is 13.2 Å². The Kier molecular flexibility index (Phi) is 6.18. The smallest absolute Gasteiger partial charge is 0.449 e. The zero-order chi connectivity index (χ0) is 22.1. The molecule has 30 heavy (non-hydrogen) atoms. The number of para-hydroxylation sites is 2. The van der Waals surface area contributed by atoms with Crippen molar-refractivity contribution >= 4 is 51.9 Å². The van der Waals surface area contributed by atoms with Gasteiger partial charge in [0.1, 0.15) is 6.54 Å². The molecule has 0 saturated carbocycles. The van der Waals surface area contributed by atoms with Crippen LogP contribution in [0.4, 0.5) is 19.0 Å². The molecule has 1 N–H and O–H groups in total. The van der Waals surface area contributed by atoms with Crippen molar-refractivity contribution in [3.63, 3.8) is 0 Å². The van der Waals surface area contributed by atoms with E-state index in [1.807, 2.05) is 0 Å². The van der Waals surface area contributed by atoms with E-state index in [1.165, 1.54) is 30.5 Å². The molecule has 0 radical (unpaired) electrons. The molecule has 0 unspecified atom stereocenters. The lowest BCUT2D eigenvalue weighted by Crippen LogP contribution is -2.25. The molecule has 2 aromatic heterocycles. The predicted octanol–water partition coefficient (Wildman–Crippen LogP) is 4.25. The fraction of sp³-hybridized carbons (Fsp3) is 0.222. The van der Waals surface area contributed by atoms with Crippen molar-refractivity contribution in [3.8, 4) is 0 Å². The Labute approximate surface area is 177 Å². The number of imidazole rings is 1. The van der Waals surface area contributed by atoms with Crippen LogP contribution in [0, 0.1) is 6.92 Å². The topological polar surface area (TPSA) is 86.1 Å². The Morgan fingerprint density at radius 1 is 1.23 bits per heavy atom. The van der Waals surface area contributed by atoms with Crippen molar-refractivity contribution in [1.29, 1.82) is 0 Å². The number of nitrogens with one attached hydrogen (secondary N) is 1. The van der Waals surface area contributed by atoms with Gasteiger partial charge < -0.3 is 14.6 Å². The maximum atomic E-state index is 13.3. The Balaban J connectivity index is 1.68. The van der Waals surface area contributed by atoms with Crippen LogP contribution in [-0.2, 0) is 27.0 Å². The summed E-state index contributed by atoms with van der Waals surface area (Å²) < 4.78 is 45.3. The van der Waals surface area contributed by atoms with Crippen LogP contribution in [0.15, 0.2) is 30.5 Å². The summed E-state index contributed by atoms with van der Waals surface area (Å²) in [6.45, 7) is 0.101. The lowest BCUT2D eigenvalue weighted by molar-refractivity contribution is -0.152. The van der Waals surface area contributed by atoms with Crippen molar-refractivity contribution in [3.05, 3.63) is 51.9 Å². The summed E-state index contributed by atoms with van der Waals surface area (Å²) in [6.07, 6.45) is -3.49. The van der Waals surface area contributed by atoms with Crippen molar-refractivity contribution < 1.29 is 27.5 Å². The number of pyridine rings is 1. The molecule has 158 valence electrons. The zero-order valence-corrected chi connectivity index (χ0v) is 16.8. The minimum atomic E-state index is -4.77. The molecule has 12 heteroatoms. The van der Waals surface area contributed by atoms with E-state index in [0.29, 0.717) is 15.2 Å². The van der Waals surface area contributed by atoms with Crippen LogP contribution < -0.4 is 5.32 Å². The maximum absolute atomic E-state index is 13.3. The number of amides is 1. The number of benzene rings is 1. The summed E-state index contributed by atoms with van der Waals surface area (Å²) in [6, 6.07) is 5.84. The Morgan fingerprint density at radius 3 is 2.63 bits per heavy atom. The third-order valence-corrected chi connectivity index (χ3v) is 4.86. The largest absolute Gasteiger partial charge is 0.454 e. The third kappa shape index (κ3) is 4.65. The normalized spacial score (nSPS) is 11.5. The van der Waals surface area contributed by atoms with E-state index in [0.717, 1.165) is 0 Å². The molecule has 0 bridgehead atoms. The molecule has 0 aliphatic heterocycles. The van der Waals surface area contributed by atoms with Crippen molar-refractivity contribution in [2.24, 2.45) is 0 Å². The summed E-state index contributed by atoms with van der Waals surface area (Å²) in [5.41, 5.74) is 0.681. The van der Waals surface area contributed by atoms with Crippen LogP contribution in [-0.4, -0.2) is 33.0 Å². The molecule has 3 rings (SSSR count). The number of hydrogen-bond acceptors (Lipinski definition) is 5. The van der Waals surface area contributed by atoms with Crippen LogP contribution in [0.1, 0.15) is 11.4 Å². The first-order valence-electron chi connectivity index (χ1n) is 8.36. The number of aromatic nitrogens is 3. The van der Waals surface area contributed by atoms with Gasteiger partial charge in [0.15, 0.2) is 12.4 Å². The van der Waals surface area contributed by atoms with Crippen molar-refractivity contribution in [2.45, 2.75) is 19.6 Å². The molecular formula is C18H13Cl2F3N4O3. The number of fused-ring (bicyclic) bond motifs is 1. The molecule has 0 aliphatic carbocycles. The van der Waals surface area contributed by atoms with Gasteiger partial charge in [-0.15, -0.1) is 0 Å². The summed E-state index contributed by atoms with van der Waals surface area (Å²) in [5, 5.41) is 2.76. The second kappa shape index (κ2) is 8.49. The summed E-state index contributed by atoms with van der Waals surface area (Å²) in [4.78, 5) is 31.5. The van der Waals surface area contributed by atoms with E-state index in [9.17, 15) is 22.8 Å². The molecule has 7 nitrogen and oxygen atoms in total. The van der Waals surface area contributed by atoms with Gasteiger partial charge in [0.2, 0.25) is 5.82 Å². The lowest BCUT2D eigenvalue weighted by Gasteiger charge is -2.12. The first-order valence-corrected chi connectivity index (χ1v) is 9.12. The van der Waals surface area contributed by atoms with Gasteiger partial charge in [0, 0.05) is 6.20 Å². The number of ether oxygens (including phenoxy) is 1. The highest BCUT2D eigenvalue weighted by Gasteiger charge is 2.38. The number of halogens is 5. The van der Waals surface area contributed by atoms with Crippen molar-refractivity contribution in [2.75, 3.05) is 11.9 Å². The van der Waals surface area contributed by atoms with E-state index in [1.54, 1.807) is 6.92 Å². The van der Waals surface area contributed by atoms with Gasteiger partial charge in [-0.05, 0) is 24.6 Å². The Hall–Kier alpha value is -2.85. The van der Waals surface area contributed by atoms with Gasteiger partial charge in [0.25, 0.3) is 5.91 Å². The summed E-state index contributed by atoms with van der Waals surface area (Å²) in [5.74, 6) is -3.05. The Morgan fingerprint density at radius 2 is 1.93 bits per heavy atom. The predicted molar refractivity (Wildman–Crippen MR) is 103 cm³/mol. The van der Waals surface area contributed by atoms with Crippen LogP contribution in [0.25, 0.3) is 11.0 Å². The fourth-order valence-corrected chi connectivity index (χ4v) is 2.97. The highest BCUT2D eigenvalue weighted by atomic mass is 35.5. The number of esters is 1. The number of nitrogens with zero attached hydrogens (tertiary/aromatic N) is 3. The van der Waals surface area contributed by atoms with Crippen molar-refractivity contribution in [1.82, 2.24) is 14.5 Å². The highest BCUT2D eigenvalue weighted by molar-refractivity contribution is 6.37. The van der Waals surface area contributed by atoms with Gasteiger partial charge in [-0.1, -0.05) is 35.3 Å². The minimum Gasteiger partial charge on any atom is -0.454 e. The molecule has 3 aromatic rings. The second-order valence-electron chi connectivity index (χ2n) is 6.11. The van der Waals surface area contributed by atoms with E-state index in [4.69, 9.17) is 27.9 Å². The standard InChI is InChI=1S/C18H13Cl2F3N4O3/c1-9-10(19)6-24-16(15(9)20)26-13(28)8-30-14(29)7-27-12-5-3-2-4-11(12)25-17(27)18(21,22)23/h2-6H,7-8H2,1H3,(H,24,26,28). The van der Waals surface area contributed by atoms with Crippen LogP contribution in [0.2, 0.25) is 10.0 Å². The number of rotatable bonds is 5. The van der Waals surface area contributed by atoms with Crippen LogP contribution >= 0.6 is 23.2 Å². The van der Waals surface area contributed by atoms with Gasteiger partial charge >= 0.3 is 12.1 Å². The number of anilines is 1. The molecule has 1 aromatic carbocycles. The molecule has 1 amide bonds. The molecule has 0 atom stereocenters. The number of alkyl halides is 3. The highest BCUT2D eigenvalue weighted by Crippen LogP contribution is 2.31. The minimum absolute atomic E-state index is 0.0135. The fourth-order valence-electron chi connectivity index (χ4n) is 2.59. The molecule has 0 fully saturated rings. The summed E-state index contributed by atoms with van der Waals surface area (Å²) in [7, 11) is 0. The third-order valence-electron chi connectivity index (χ3n) is 4.02. The summed E-state index contributed by atoms with van der Waals surface area (Å²) >= 11 is 11.9. The second-order valence-corrected chi connectivity index (χ2v) is 6.90. The van der Waals surface area contributed by atoms with Crippen LogP contribution in [0.3, 0.4) is 0 Å². The van der Waals surface area contributed by atoms with Crippen LogP contribution in [0.5, 0.6) is 0 Å². The molecule has 0 aliphatic rings. The van der Waals surface area contributed by atoms with E-state index in [-0.39, 0.29) is 21.9 Å². The molecule has 0 spiro atoms. The lowest BCUT2D eigenvalue weighted by atomic mass is 10.3. The first kappa shape index (κ1) is 21.8. The first-order chi connectivity index (χ1) is 14.1. The average molecular weight is 461 g/mol. The maximum Gasteiger partial charge on any atom is 0.449 e. The SMILES string of the molecule is Cc1c(Cl)cnc(NC(=O)COC(=O)Cn2c(C(F)(F)F)nc3ccccc32)c1Cl. The number of carbonyl (C=O) groups is 2. The molecule has 2 heterocycles. The number of hydrogen-bond donors (Lipinski definition) is 1. The Bertz CT molecular complexity index is 1130. The number of carbonyl (C=O) groups excluding carboxylic acids is 2.